The summed E-state index contributed by atoms with van der Waals surface area (Å²) in [5.74, 6) is 1.79. The molecule has 0 amide bonds. The predicted octanol–water partition coefficient (Wildman–Crippen LogP) is 4.56. The molecule has 1 aromatic heterocycles. The van der Waals surface area contributed by atoms with Crippen LogP contribution in [0.25, 0.3) is 0 Å². The van der Waals surface area contributed by atoms with E-state index in [0.717, 1.165) is 0 Å². The molecule has 0 N–H and O–H groups in total. The number of aryl methyl sites for hydroxylation is 2. The Labute approximate surface area is 111 Å². The van der Waals surface area contributed by atoms with E-state index in [2.05, 4.69) is 56.6 Å². The van der Waals surface area contributed by atoms with Gasteiger partial charge < -0.3 is 0 Å². The van der Waals surface area contributed by atoms with Crippen LogP contribution in [-0.2, 0) is 0 Å². The summed E-state index contributed by atoms with van der Waals surface area (Å²) in [5, 5.41) is 0. The van der Waals surface area contributed by atoms with Gasteiger partial charge in [-0.05, 0) is 61.4 Å². The maximum absolute atomic E-state index is 4.48. The fraction of sp³-hybridized carbons (Fsp3) is 0.529. The average Bonchev–Trinajstić information content (AvgIpc) is 2.33. The van der Waals surface area contributed by atoms with E-state index in [4.69, 9.17) is 0 Å². The highest BCUT2D eigenvalue weighted by Crippen LogP contribution is 2.39. The van der Waals surface area contributed by atoms with Crippen LogP contribution in [0.15, 0.2) is 30.1 Å². The topological polar surface area (TPSA) is 12.9 Å². The van der Waals surface area contributed by atoms with E-state index >= 15 is 0 Å². The Kier molecular flexibility index (Phi) is 4.04. The third-order valence-electron chi connectivity index (χ3n) is 4.13. The SMILES string of the molecule is CCCC1C(C)C=C=C[C@@H]1c1c(C)ccnc1C. The number of rotatable bonds is 3. The first-order valence-electron chi connectivity index (χ1n) is 7.00. The summed E-state index contributed by atoms with van der Waals surface area (Å²) in [6, 6.07) is 2.13. The van der Waals surface area contributed by atoms with Crippen molar-refractivity contribution in [2.75, 3.05) is 0 Å². The number of pyridine rings is 1. The van der Waals surface area contributed by atoms with Gasteiger partial charge in [0, 0.05) is 17.8 Å². The number of hydrogen-bond donors (Lipinski definition) is 0. The molecule has 96 valence electrons. The van der Waals surface area contributed by atoms with Gasteiger partial charge in [0.1, 0.15) is 0 Å². The zero-order valence-corrected chi connectivity index (χ0v) is 11.9. The van der Waals surface area contributed by atoms with Crippen molar-refractivity contribution in [2.24, 2.45) is 11.8 Å². The van der Waals surface area contributed by atoms with E-state index in [1.54, 1.807) is 0 Å². The fourth-order valence-corrected chi connectivity index (χ4v) is 3.17. The highest BCUT2D eigenvalue weighted by molar-refractivity contribution is 5.36. The van der Waals surface area contributed by atoms with Gasteiger partial charge in [0.15, 0.2) is 0 Å². The molecular weight excluding hydrogens is 218 g/mol. The molecule has 18 heavy (non-hydrogen) atoms. The molecule has 0 saturated carbocycles. The van der Waals surface area contributed by atoms with Crippen molar-refractivity contribution >= 4 is 0 Å². The Balaban J connectivity index is 2.44. The Morgan fingerprint density at radius 2 is 2.06 bits per heavy atom. The third kappa shape index (κ3) is 2.42. The van der Waals surface area contributed by atoms with E-state index in [9.17, 15) is 0 Å². The molecule has 0 fully saturated rings. The normalized spacial score (nSPS) is 26.6. The minimum Gasteiger partial charge on any atom is -0.261 e. The quantitative estimate of drug-likeness (QED) is 0.707. The minimum atomic E-state index is 0.485. The van der Waals surface area contributed by atoms with Crippen LogP contribution in [0, 0.1) is 25.7 Å². The molecule has 0 aromatic carbocycles. The van der Waals surface area contributed by atoms with Crippen molar-refractivity contribution in [3.8, 4) is 0 Å². The van der Waals surface area contributed by atoms with Gasteiger partial charge in [-0.1, -0.05) is 20.3 Å². The highest BCUT2D eigenvalue weighted by atomic mass is 14.7. The molecule has 1 aromatic rings. The Morgan fingerprint density at radius 1 is 1.28 bits per heavy atom. The van der Waals surface area contributed by atoms with Crippen LogP contribution < -0.4 is 0 Å². The maximum Gasteiger partial charge on any atom is 0.0413 e. The molecule has 1 aliphatic carbocycles. The van der Waals surface area contributed by atoms with Crippen molar-refractivity contribution in [2.45, 2.75) is 46.5 Å². The second-order valence-electron chi connectivity index (χ2n) is 5.46. The molecule has 0 bridgehead atoms. The van der Waals surface area contributed by atoms with Crippen LogP contribution in [0.4, 0.5) is 0 Å². The lowest BCUT2D eigenvalue weighted by molar-refractivity contribution is 0.346. The molecule has 0 saturated heterocycles. The molecule has 2 unspecified atom stereocenters. The van der Waals surface area contributed by atoms with Gasteiger partial charge in [0.05, 0.1) is 0 Å². The van der Waals surface area contributed by atoms with E-state index in [1.807, 2.05) is 6.20 Å². The first-order valence-corrected chi connectivity index (χ1v) is 7.00. The van der Waals surface area contributed by atoms with Crippen molar-refractivity contribution in [3.63, 3.8) is 0 Å². The molecule has 1 nitrogen and oxygen atoms in total. The predicted molar refractivity (Wildman–Crippen MR) is 76.7 cm³/mol. The van der Waals surface area contributed by atoms with Gasteiger partial charge >= 0.3 is 0 Å². The second-order valence-corrected chi connectivity index (χ2v) is 5.46. The summed E-state index contributed by atoms with van der Waals surface area (Å²) < 4.78 is 0. The molecule has 1 heteroatoms. The number of hydrogen-bond acceptors (Lipinski definition) is 1. The Morgan fingerprint density at radius 3 is 2.72 bits per heavy atom. The van der Waals surface area contributed by atoms with Crippen molar-refractivity contribution < 1.29 is 0 Å². The molecular formula is C17H23N. The van der Waals surface area contributed by atoms with Gasteiger partial charge in [-0.3, -0.25) is 4.98 Å². The lowest BCUT2D eigenvalue weighted by Gasteiger charge is -2.31. The van der Waals surface area contributed by atoms with E-state index in [0.29, 0.717) is 17.8 Å². The number of aromatic nitrogens is 1. The van der Waals surface area contributed by atoms with Gasteiger partial charge in [0.25, 0.3) is 0 Å². The Hall–Kier alpha value is -1.33. The molecule has 0 spiro atoms. The van der Waals surface area contributed by atoms with Crippen LogP contribution in [0.5, 0.6) is 0 Å². The molecule has 1 heterocycles. The molecule has 3 atom stereocenters. The summed E-state index contributed by atoms with van der Waals surface area (Å²) in [5.41, 5.74) is 7.30. The smallest absolute Gasteiger partial charge is 0.0413 e. The van der Waals surface area contributed by atoms with Crippen LogP contribution >= 0.6 is 0 Å². The van der Waals surface area contributed by atoms with Crippen molar-refractivity contribution in [3.05, 3.63) is 47.0 Å². The molecule has 2 rings (SSSR count). The lowest BCUT2D eigenvalue weighted by atomic mass is 9.73. The standard InChI is InChI=1S/C17H23N/c1-5-7-15-12(2)8-6-9-16(15)17-13(3)10-11-18-14(17)4/h8-12,15-16H,5,7H2,1-4H3/t12?,15?,16-/m0/s1. The van der Waals surface area contributed by atoms with E-state index < -0.39 is 0 Å². The van der Waals surface area contributed by atoms with Crippen LogP contribution in [0.3, 0.4) is 0 Å². The maximum atomic E-state index is 4.48. The summed E-state index contributed by atoms with van der Waals surface area (Å²) >= 11 is 0. The summed E-state index contributed by atoms with van der Waals surface area (Å²) in [6.07, 6.45) is 8.89. The van der Waals surface area contributed by atoms with Crippen molar-refractivity contribution in [1.29, 1.82) is 0 Å². The van der Waals surface area contributed by atoms with Gasteiger partial charge in [-0.2, -0.15) is 0 Å². The highest BCUT2D eigenvalue weighted by Gasteiger charge is 2.28. The average molecular weight is 241 g/mol. The fourth-order valence-electron chi connectivity index (χ4n) is 3.17. The summed E-state index contributed by atoms with van der Waals surface area (Å²) in [4.78, 5) is 4.48. The van der Waals surface area contributed by atoms with Gasteiger partial charge in [-0.25, -0.2) is 0 Å². The molecule has 0 radical (unpaired) electrons. The third-order valence-corrected chi connectivity index (χ3v) is 4.13. The number of nitrogens with zero attached hydrogens (tertiary/aromatic N) is 1. The second kappa shape index (κ2) is 5.54. The zero-order chi connectivity index (χ0) is 13.1. The number of allylic oxidation sites excluding steroid dienone is 1. The van der Waals surface area contributed by atoms with Crippen LogP contribution in [-0.4, -0.2) is 4.98 Å². The zero-order valence-electron chi connectivity index (χ0n) is 11.9. The summed E-state index contributed by atoms with van der Waals surface area (Å²) in [7, 11) is 0. The lowest BCUT2D eigenvalue weighted by Crippen LogP contribution is -2.21. The minimum absolute atomic E-state index is 0.485. The first kappa shape index (κ1) is 13.1. The Bertz CT molecular complexity index is 460. The monoisotopic (exact) mass is 241 g/mol. The largest absolute Gasteiger partial charge is 0.261 e. The van der Waals surface area contributed by atoms with E-state index in [1.165, 1.54) is 29.7 Å². The van der Waals surface area contributed by atoms with E-state index in [-0.39, 0.29) is 0 Å². The molecule has 1 aliphatic rings. The molecule has 0 aliphatic heterocycles. The summed E-state index contributed by atoms with van der Waals surface area (Å²) in [6.45, 7) is 8.91. The first-order chi connectivity index (χ1) is 8.65. The van der Waals surface area contributed by atoms with Crippen LogP contribution in [0.2, 0.25) is 0 Å². The van der Waals surface area contributed by atoms with Crippen LogP contribution in [0.1, 0.15) is 49.4 Å². The van der Waals surface area contributed by atoms with Gasteiger partial charge in [0.2, 0.25) is 0 Å². The van der Waals surface area contributed by atoms with Crippen molar-refractivity contribution in [1.82, 2.24) is 4.98 Å². The van der Waals surface area contributed by atoms with Gasteiger partial charge in [-0.15, -0.1) is 5.73 Å².